The van der Waals surface area contributed by atoms with Crippen LogP contribution in [0.2, 0.25) is 0 Å². The van der Waals surface area contributed by atoms with Crippen LogP contribution in [0.15, 0.2) is 83.9 Å². The van der Waals surface area contributed by atoms with E-state index in [0.717, 1.165) is 22.4 Å². The summed E-state index contributed by atoms with van der Waals surface area (Å²) in [5.74, 6) is 0. The van der Waals surface area contributed by atoms with Gasteiger partial charge in [0.2, 0.25) is 0 Å². The molecule has 2 heteroatoms. The standard InChI is InChI=1S/C21H17NO/c1-15-11-13-17(14-12-15)21(23)18-9-5-6-10-19(18)22-20(21)16-7-3-2-4-8-16/h2-14,23H,1H3. The summed E-state index contributed by atoms with van der Waals surface area (Å²) in [4.78, 5) is 4.74. The second kappa shape index (κ2) is 5.18. The molecule has 0 saturated heterocycles. The van der Waals surface area contributed by atoms with Crippen molar-refractivity contribution in [3.63, 3.8) is 0 Å². The second-order valence-corrected chi connectivity index (χ2v) is 5.92. The van der Waals surface area contributed by atoms with Crippen LogP contribution in [0.4, 0.5) is 5.69 Å². The van der Waals surface area contributed by atoms with Crippen molar-refractivity contribution in [3.05, 3.63) is 101 Å². The summed E-state index contributed by atoms with van der Waals surface area (Å²) in [6.07, 6.45) is 0. The maximum Gasteiger partial charge on any atom is 0.160 e. The molecule has 1 aliphatic heterocycles. The highest BCUT2D eigenvalue weighted by Gasteiger charge is 2.43. The number of para-hydroxylation sites is 1. The Bertz CT molecular complexity index is 881. The number of aliphatic imine (C=N–C) groups is 1. The lowest BCUT2D eigenvalue weighted by atomic mass is 9.81. The third-order valence-electron chi connectivity index (χ3n) is 4.39. The minimum Gasteiger partial charge on any atom is -0.374 e. The highest BCUT2D eigenvalue weighted by atomic mass is 16.3. The summed E-state index contributed by atoms with van der Waals surface area (Å²) in [6.45, 7) is 2.04. The van der Waals surface area contributed by atoms with E-state index in [-0.39, 0.29) is 0 Å². The normalized spacial score (nSPS) is 19.3. The molecular formula is C21H17NO. The second-order valence-electron chi connectivity index (χ2n) is 5.92. The molecule has 1 unspecified atom stereocenters. The van der Waals surface area contributed by atoms with Gasteiger partial charge >= 0.3 is 0 Å². The lowest BCUT2D eigenvalue weighted by Gasteiger charge is -2.27. The van der Waals surface area contributed by atoms with E-state index in [1.165, 1.54) is 5.56 Å². The van der Waals surface area contributed by atoms with Crippen LogP contribution in [0.1, 0.15) is 22.3 Å². The third-order valence-corrected chi connectivity index (χ3v) is 4.39. The molecule has 1 aliphatic rings. The Morgan fingerprint density at radius 2 is 1.43 bits per heavy atom. The monoisotopic (exact) mass is 299 g/mol. The van der Waals surface area contributed by atoms with Gasteiger partial charge in [-0.2, -0.15) is 0 Å². The minimum atomic E-state index is -1.22. The molecular weight excluding hydrogens is 282 g/mol. The van der Waals surface area contributed by atoms with Gasteiger partial charge in [0.1, 0.15) is 0 Å². The highest BCUT2D eigenvalue weighted by molar-refractivity contribution is 6.13. The van der Waals surface area contributed by atoms with Crippen LogP contribution in [0.5, 0.6) is 0 Å². The van der Waals surface area contributed by atoms with Crippen molar-refractivity contribution in [2.75, 3.05) is 0 Å². The summed E-state index contributed by atoms with van der Waals surface area (Å²) >= 11 is 0. The van der Waals surface area contributed by atoms with Gasteiger partial charge in [-0.15, -0.1) is 0 Å². The molecule has 0 bridgehead atoms. The van der Waals surface area contributed by atoms with E-state index in [4.69, 9.17) is 4.99 Å². The van der Waals surface area contributed by atoms with E-state index < -0.39 is 5.60 Å². The topological polar surface area (TPSA) is 32.6 Å². The first-order valence-corrected chi connectivity index (χ1v) is 7.73. The van der Waals surface area contributed by atoms with Crippen LogP contribution in [-0.4, -0.2) is 10.8 Å². The Kier molecular flexibility index (Phi) is 3.14. The fourth-order valence-corrected chi connectivity index (χ4v) is 3.16. The molecule has 1 N–H and O–H groups in total. The van der Waals surface area contributed by atoms with Crippen molar-refractivity contribution < 1.29 is 5.11 Å². The Hall–Kier alpha value is -2.71. The maximum atomic E-state index is 11.7. The molecule has 0 spiro atoms. The van der Waals surface area contributed by atoms with Gasteiger partial charge < -0.3 is 5.11 Å². The molecule has 0 aliphatic carbocycles. The first-order valence-electron chi connectivity index (χ1n) is 7.73. The zero-order chi connectivity index (χ0) is 15.9. The summed E-state index contributed by atoms with van der Waals surface area (Å²) < 4.78 is 0. The van der Waals surface area contributed by atoms with Crippen molar-refractivity contribution in [1.82, 2.24) is 0 Å². The summed E-state index contributed by atoms with van der Waals surface area (Å²) in [5, 5.41) is 11.7. The first-order chi connectivity index (χ1) is 11.2. The molecule has 0 amide bonds. The van der Waals surface area contributed by atoms with Crippen LogP contribution in [0.3, 0.4) is 0 Å². The molecule has 0 saturated carbocycles. The molecule has 1 heterocycles. The van der Waals surface area contributed by atoms with Gasteiger partial charge in [0.15, 0.2) is 5.60 Å². The van der Waals surface area contributed by atoms with Crippen LogP contribution in [0.25, 0.3) is 0 Å². The Morgan fingerprint density at radius 3 is 2.17 bits per heavy atom. The fraction of sp³-hybridized carbons (Fsp3) is 0.0952. The average molecular weight is 299 g/mol. The molecule has 4 rings (SSSR count). The van der Waals surface area contributed by atoms with E-state index in [2.05, 4.69) is 0 Å². The summed E-state index contributed by atoms with van der Waals surface area (Å²) in [6, 6.07) is 25.7. The lowest BCUT2D eigenvalue weighted by molar-refractivity contribution is 0.160. The number of hydrogen-bond acceptors (Lipinski definition) is 2. The van der Waals surface area contributed by atoms with Gasteiger partial charge in [-0.1, -0.05) is 78.4 Å². The predicted molar refractivity (Wildman–Crippen MR) is 93.3 cm³/mol. The van der Waals surface area contributed by atoms with Crippen molar-refractivity contribution in [3.8, 4) is 0 Å². The average Bonchev–Trinajstić information content (AvgIpc) is 2.91. The zero-order valence-electron chi connectivity index (χ0n) is 12.9. The minimum absolute atomic E-state index is 0.683. The number of aliphatic hydroxyl groups is 1. The predicted octanol–water partition coefficient (Wildman–Crippen LogP) is 4.37. The van der Waals surface area contributed by atoms with Gasteiger partial charge in [0, 0.05) is 5.56 Å². The molecule has 3 aromatic rings. The molecule has 0 fully saturated rings. The molecule has 112 valence electrons. The van der Waals surface area contributed by atoms with E-state index in [1.54, 1.807) is 0 Å². The van der Waals surface area contributed by atoms with Crippen molar-refractivity contribution in [1.29, 1.82) is 0 Å². The third kappa shape index (κ3) is 2.11. The van der Waals surface area contributed by atoms with E-state index in [0.29, 0.717) is 5.71 Å². The molecule has 2 nitrogen and oxygen atoms in total. The first kappa shape index (κ1) is 13.9. The Balaban J connectivity index is 1.97. The number of fused-ring (bicyclic) bond motifs is 1. The van der Waals surface area contributed by atoms with Gasteiger partial charge in [-0.3, -0.25) is 0 Å². The van der Waals surface area contributed by atoms with Crippen molar-refractivity contribution in [2.24, 2.45) is 4.99 Å². The van der Waals surface area contributed by atoms with Gasteiger partial charge in [0.05, 0.1) is 11.4 Å². The van der Waals surface area contributed by atoms with Crippen molar-refractivity contribution >= 4 is 11.4 Å². The number of aryl methyl sites for hydroxylation is 1. The quantitative estimate of drug-likeness (QED) is 0.749. The summed E-state index contributed by atoms with van der Waals surface area (Å²) in [5.41, 5.74) is 4.08. The zero-order valence-corrected chi connectivity index (χ0v) is 12.9. The SMILES string of the molecule is Cc1ccc(C2(O)C(c3ccccc3)=Nc3ccccc32)cc1. The smallest absolute Gasteiger partial charge is 0.160 e. The van der Waals surface area contributed by atoms with Gasteiger partial charge in [-0.05, 0) is 24.1 Å². The Morgan fingerprint density at radius 1 is 0.783 bits per heavy atom. The molecule has 3 aromatic carbocycles. The highest BCUT2D eigenvalue weighted by Crippen LogP contribution is 2.44. The van der Waals surface area contributed by atoms with E-state index in [9.17, 15) is 5.11 Å². The van der Waals surface area contributed by atoms with E-state index >= 15 is 0 Å². The van der Waals surface area contributed by atoms with Gasteiger partial charge in [-0.25, -0.2) is 4.99 Å². The molecule has 1 atom stereocenters. The number of hydrogen-bond donors (Lipinski definition) is 1. The number of rotatable bonds is 2. The van der Waals surface area contributed by atoms with Crippen LogP contribution in [-0.2, 0) is 5.60 Å². The molecule has 0 radical (unpaired) electrons. The Labute approximate surface area is 135 Å². The van der Waals surface area contributed by atoms with Crippen molar-refractivity contribution in [2.45, 2.75) is 12.5 Å². The van der Waals surface area contributed by atoms with Crippen LogP contribution in [0, 0.1) is 6.92 Å². The van der Waals surface area contributed by atoms with Crippen LogP contribution >= 0.6 is 0 Å². The van der Waals surface area contributed by atoms with Gasteiger partial charge in [0.25, 0.3) is 0 Å². The van der Waals surface area contributed by atoms with Crippen LogP contribution < -0.4 is 0 Å². The largest absolute Gasteiger partial charge is 0.374 e. The fourth-order valence-electron chi connectivity index (χ4n) is 3.16. The number of nitrogens with zero attached hydrogens (tertiary/aromatic N) is 1. The maximum absolute atomic E-state index is 11.7. The molecule has 23 heavy (non-hydrogen) atoms. The molecule has 0 aromatic heterocycles. The summed E-state index contributed by atoms with van der Waals surface area (Å²) in [7, 11) is 0. The lowest BCUT2D eigenvalue weighted by Crippen LogP contribution is -2.34. The number of benzene rings is 3. The van der Waals surface area contributed by atoms with E-state index in [1.807, 2.05) is 85.8 Å².